The van der Waals surface area contributed by atoms with Gasteiger partial charge in [0.25, 0.3) is 0 Å². The number of nitrogens with zero attached hydrogens (tertiary/aromatic N) is 3. The van der Waals surface area contributed by atoms with Crippen LogP contribution in [0.1, 0.15) is 5.56 Å². The van der Waals surface area contributed by atoms with Crippen LogP contribution in [0.25, 0.3) is 45.1 Å². The van der Waals surface area contributed by atoms with Gasteiger partial charge in [-0.1, -0.05) is 36.4 Å². The van der Waals surface area contributed by atoms with Gasteiger partial charge in [-0.3, -0.25) is 4.98 Å². The molecule has 0 radical (unpaired) electrons. The van der Waals surface area contributed by atoms with Crippen LogP contribution in [0.5, 0.6) is 0 Å². The van der Waals surface area contributed by atoms with Crippen LogP contribution >= 0.6 is 0 Å². The van der Waals surface area contributed by atoms with Gasteiger partial charge < -0.3 is 25.2 Å². The molecule has 3 heterocycles. The number of nitrogens with one attached hydrogen (secondary N) is 2. The molecule has 0 aliphatic heterocycles. The van der Waals surface area contributed by atoms with E-state index in [1.807, 2.05) is 60.7 Å². The van der Waals surface area contributed by atoms with Crippen molar-refractivity contribution >= 4 is 39.6 Å². The number of rotatable bonds is 5. The Morgan fingerprint density at radius 1 is 0.727 bits per heavy atom. The number of benzene rings is 4. The van der Waals surface area contributed by atoms with Crippen molar-refractivity contribution < 1.29 is 22.4 Å². The molecule has 7 rings (SSSR count). The number of fused-ring (bicyclic) bond motifs is 2. The molecule has 2 amide bonds. The Kier molecular flexibility index (Phi) is 7.91. The van der Waals surface area contributed by atoms with Gasteiger partial charge in [0.2, 0.25) is 11.8 Å². The fourth-order valence-corrected chi connectivity index (χ4v) is 4.27. The van der Waals surface area contributed by atoms with Crippen molar-refractivity contribution in [2.24, 2.45) is 0 Å². The van der Waals surface area contributed by atoms with Crippen LogP contribution in [0.3, 0.4) is 0 Å². The highest BCUT2D eigenvalue weighted by Crippen LogP contribution is 2.29. The molecule has 0 saturated carbocycles. The third-order valence-corrected chi connectivity index (χ3v) is 6.48. The zero-order valence-corrected chi connectivity index (χ0v) is 23.0. The maximum atomic E-state index is 14.3. The lowest BCUT2D eigenvalue weighted by atomic mass is 10.2. The molecule has 218 valence electrons. The van der Waals surface area contributed by atoms with E-state index in [0.717, 1.165) is 16.7 Å². The van der Waals surface area contributed by atoms with E-state index < -0.39 is 17.7 Å². The smallest absolute Gasteiger partial charge is 0.319 e. The number of nitrogen functional groups attached to an aromatic ring is 1. The number of nitrogens with two attached hydrogens (primary N) is 1. The Balaban J connectivity index is 0.000000173. The largest absolute Gasteiger partial charge is 0.436 e. The average Bonchev–Trinajstić information content (AvgIpc) is 3.66. The number of carbonyl (C=O) groups is 1. The van der Waals surface area contributed by atoms with Crippen molar-refractivity contribution in [3.63, 3.8) is 0 Å². The van der Waals surface area contributed by atoms with E-state index in [2.05, 4.69) is 25.6 Å². The number of amides is 2. The van der Waals surface area contributed by atoms with E-state index in [0.29, 0.717) is 40.5 Å². The van der Waals surface area contributed by atoms with E-state index in [9.17, 15) is 13.6 Å². The van der Waals surface area contributed by atoms with Gasteiger partial charge in [0, 0.05) is 54.3 Å². The molecular weight excluding hydrogens is 566 g/mol. The number of aromatic nitrogens is 3. The highest BCUT2D eigenvalue weighted by Gasteiger charge is 2.14. The van der Waals surface area contributed by atoms with E-state index >= 15 is 0 Å². The van der Waals surface area contributed by atoms with Gasteiger partial charge in [-0.05, 0) is 42.0 Å². The second-order valence-electron chi connectivity index (χ2n) is 9.57. The van der Waals surface area contributed by atoms with Gasteiger partial charge in [-0.15, -0.1) is 0 Å². The fraction of sp³-hybridized carbons (Fsp3) is 0.0303. The number of hydrogen-bond acceptors (Lipinski definition) is 7. The summed E-state index contributed by atoms with van der Waals surface area (Å²) in [5, 5.41) is 5.16. The lowest BCUT2D eigenvalue weighted by molar-refractivity contribution is 0.251. The number of anilines is 2. The summed E-state index contributed by atoms with van der Waals surface area (Å²) < 4.78 is 38.8. The van der Waals surface area contributed by atoms with Gasteiger partial charge in [0.15, 0.2) is 11.2 Å². The molecule has 0 aliphatic carbocycles. The zero-order valence-electron chi connectivity index (χ0n) is 23.0. The third kappa shape index (κ3) is 6.36. The summed E-state index contributed by atoms with van der Waals surface area (Å²) in [6.07, 6.45) is 3.27. The minimum Gasteiger partial charge on any atom is -0.436 e. The lowest BCUT2D eigenvalue weighted by Crippen LogP contribution is -2.28. The first-order valence-corrected chi connectivity index (χ1v) is 13.4. The van der Waals surface area contributed by atoms with Gasteiger partial charge in [-0.25, -0.2) is 23.5 Å². The number of carbonyl (C=O) groups excluding carboxylic acids is 1. The first-order chi connectivity index (χ1) is 21.4. The highest BCUT2D eigenvalue weighted by molar-refractivity contribution is 5.92. The molecule has 0 fully saturated rings. The van der Waals surface area contributed by atoms with Gasteiger partial charge in [-0.2, -0.15) is 0 Å². The maximum absolute atomic E-state index is 14.3. The van der Waals surface area contributed by atoms with Crippen LogP contribution in [0.4, 0.5) is 25.0 Å². The predicted molar refractivity (Wildman–Crippen MR) is 163 cm³/mol. The first-order valence-electron chi connectivity index (χ1n) is 13.4. The number of pyridine rings is 1. The maximum Gasteiger partial charge on any atom is 0.319 e. The topological polar surface area (TPSA) is 132 Å². The lowest BCUT2D eigenvalue weighted by Gasteiger charge is -2.08. The molecule has 9 nitrogen and oxygen atoms in total. The molecule has 3 aromatic heterocycles. The number of oxazole rings is 2. The molecule has 0 unspecified atom stereocenters. The molecule has 0 saturated heterocycles. The predicted octanol–water partition coefficient (Wildman–Crippen LogP) is 7.57. The molecule has 4 aromatic carbocycles. The van der Waals surface area contributed by atoms with Crippen molar-refractivity contribution in [2.45, 2.75) is 6.54 Å². The number of urea groups is 1. The normalized spacial score (nSPS) is 10.8. The standard InChI is InChI=1S/C20H15FN4O2.C13H9FN2O/c21-15-10-17-18(27-19(24-17)14-4-2-1-3-5-14)11-16(15)25-20(26)23-12-13-6-8-22-9-7-13;14-9-6-11-12(7-10(9)15)17-13(16-11)8-4-2-1-3-5-8/h1-11H,12H2,(H2,23,25,26);1-7H,15H2. The van der Waals surface area contributed by atoms with Crippen LogP contribution in [0.15, 0.2) is 118 Å². The van der Waals surface area contributed by atoms with Crippen molar-refractivity contribution in [1.82, 2.24) is 20.3 Å². The third-order valence-electron chi connectivity index (χ3n) is 6.48. The summed E-state index contributed by atoms with van der Waals surface area (Å²) in [5.74, 6) is -0.213. The highest BCUT2D eigenvalue weighted by atomic mass is 19.1. The Morgan fingerprint density at radius 2 is 1.27 bits per heavy atom. The molecule has 0 atom stereocenters. The van der Waals surface area contributed by atoms with E-state index in [4.69, 9.17) is 14.6 Å². The van der Waals surface area contributed by atoms with E-state index in [1.165, 1.54) is 24.3 Å². The van der Waals surface area contributed by atoms with Crippen molar-refractivity contribution in [3.05, 3.63) is 127 Å². The van der Waals surface area contributed by atoms with Crippen LogP contribution in [-0.2, 0) is 6.54 Å². The van der Waals surface area contributed by atoms with Crippen molar-refractivity contribution in [3.8, 4) is 22.9 Å². The summed E-state index contributed by atoms with van der Waals surface area (Å²) in [6.45, 7) is 0.304. The summed E-state index contributed by atoms with van der Waals surface area (Å²) in [4.78, 5) is 24.5. The summed E-state index contributed by atoms with van der Waals surface area (Å²) >= 11 is 0. The summed E-state index contributed by atoms with van der Waals surface area (Å²) in [5.41, 5.74) is 9.81. The molecule has 11 heteroatoms. The molecule has 4 N–H and O–H groups in total. The Bertz CT molecular complexity index is 2010. The second-order valence-corrected chi connectivity index (χ2v) is 9.57. The Labute approximate surface area is 249 Å². The number of hydrogen-bond donors (Lipinski definition) is 3. The van der Waals surface area contributed by atoms with Crippen LogP contribution in [-0.4, -0.2) is 21.0 Å². The van der Waals surface area contributed by atoms with Gasteiger partial charge in [0.1, 0.15) is 22.7 Å². The SMILES string of the molecule is Nc1cc2oc(-c3ccccc3)nc2cc1F.O=C(NCc1ccncc1)Nc1cc2oc(-c3ccccc3)nc2cc1F. The molecule has 7 aromatic rings. The molecule has 44 heavy (non-hydrogen) atoms. The van der Waals surface area contributed by atoms with Gasteiger partial charge >= 0.3 is 6.03 Å². The summed E-state index contributed by atoms with van der Waals surface area (Å²) in [7, 11) is 0. The minimum atomic E-state index is -0.588. The van der Waals surface area contributed by atoms with Crippen LogP contribution < -0.4 is 16.4 Å². The van der Waals surface area contributed by atoms with Crippen molar-refractivity contribution in [1.29, 1.82) is 0 Å². The number of halogens is 2. The monoisotopic (exact) mass is 590 g/mol. The molecule has 0 spiro atoms. The molecule has 0 aliphatic rings. The van der Waals surface area contributed by atoms with E-state index in [1.54, 1.807) is 24.5 Å². The average molecular weight is 591 g/mol. The Hall–Kier alpha value is -6.10. The molecular formula is C33H24F2N6O3. The quantitative estimate of drug-likeness (QED) is 0.176. The zero-order chi connectivity index (χ0) is 30.5. The van der Waals surface area contributed by atoms with E-state index in [-0.39, 0.29) is 11.4 Å². The van der Waals surface area contributed by atoms with Gasteiger partial charge in [0.05, 0.1) is 11.4 Å². The first kappa shape index (κ1) is 28.0. The van der Waals surface area contributed by atoms with Crippen molar-refractivity contribution in [2.75, 3.05) is 11.1 Å². The van der Waals surface area contributed by atoms with Crippen LogP contribution in [0, 0.1) is 11.6 Å². The second kappa shape index (κ2) is 12.4. The van der Waals surface area contributed by atoms with Crippen LogP contribution in [0.2, 0.25) is 0 Å². The fourth-order valence-electron chi connectivity index (χ4n) is 4.27. The molecule has 0 bridgehead atoms. The Morgan fingerprint density at radius 3 is 1.86 bits per heavy atom. The summed E-state index contributed by atoms with van der Waals surface area (Å²) in [6, 6.07) is 27.2. The minimum absolute atomic E-state index is 0.0190.